The smallest absolute Gasteiger partial charge is 0.273 e. The molecule has 0 aromatic heterocycles. The second kappa shape index (κ2) is 9.00. The van der Waals surface area contributed by atoms with Crippen LogP contribution >= 0.6 is 11.8 Å². The highest BCUT2D eigenvalue weighted by Gasteiger charge is 2.15. The van der Waals surface area contributed by atoms with Crippen LogP contribution in [0.4, 0.5) is 11.4 Å². The Kier molecular flexibility index (Phi) is 6.22. The molecule has 0 spiro atoms. The summed E-state index contributed by atoms with van der Waals surface area (Å²) in [6.07, 6.45) is -0.0389. The minimum Gasteiger partial charge on any atom is -0.326 e. The third-order valence-electron chi connectivity index (χ3n) is 3.93. The molecular formula is C21H18N2O3S. The second-order valence-corrected chi connectivity index (χ2v) is 6.96. The van der Waals surface area contributed by atoms with E-state index in [0.29, 0.717) is 11.3 Å². The minimum absolute atomic E-state index is 0.0389. The molecule has 1 N–H and O–H groups in total. The van der Waals surface area contributed by atoms with Crippen molar-refractivity contribution < 1.29 is 9.72 Å². The molecule has 3 aromatic carbocycles. The maximum Gasteiger partial charge on any atom is 0.273 e. The fourth-order valence-electron chi connectivity index (χ4n) is 2.58. The van der Waals surface area contributed by atoms with Crippen molar-refractivity contribution in [1.29, 1.82) is 0 Å². The number of hydrogen-bond donors (Lipinski definition) is 1. The Morgan fingerprint density at radius 1 is 0.926 bits per heavy atom. The van der Waals surface area contributed by atoms with Crippen LogP contribution in [0.1, 0.15) is 11.1 Å². The molecule has 0 bridgehead atoms. The molecule has 0 saturated carbocycles. The summed E-state index contributed by atoms with van der Waals surface area (Å²) in [7, 11) is 0. The summed E-state index contributed by atoms with van der Waals surface area (Å²) in [6, 6.07) is 24.1. The normalized spacial score (nSPS) is 10.4. The van der Waals surface area contributed by atoms with Crippen molar-refractivity contribution in [3.05, 3.63) is 100 Å². The first-order chi connectivity index (χ1) is 13.1. The highest BCUT2D eigenvalue weighted by molar-refractivity contribution is 7.98. The SMILES string of the molecule is O=C(Cc1ccccc1[N+](=O)[O-])Nc1ccc(CSc2ccccc2)cc1. The third kappa shape index (κ3) is 5.43. The van der Waals surface area contributed by atoms with Crippen LogP contribution in [0.15, 0.2) is 83.8 Å². The van der Waals surface area contributed by atoms with Gasteiger partial charge in [0.2, 0.25) is 5.91 Å². The van der Waals surface area contributed by atoms with Crippen LogP contribution in [0.3, 0.4) is 0 Å². The molecule has 27 heavy (non-hydrogen) atoms. The average molecular weight is 378 g/mol. The van der Waals surface area contributed by atoms with Gasteiger partial charge in [-0.05, 0) is 29.8 Å². The van der Waals surface area contributed by atoms with E-state index in [1.165, 1.54) is 11.0 Å². The number of nitrogens with one attached hydrogen (secondary N) is 1. The van der Waals surface area contributed by atoms with Gasteiger partial charge in [-0.2, -0.15) is 0 Å². The number of nitro groups is 1. The molecule has 0 aliphatic heterocycles. The summed E-state index contributed by atoms with van der Waals surface area (Å²) >= 11 is 1.75. The number of anilines is 1. The largest absolute Gasteiger partial charge is 0.326 e. The molecule has 0 unspecified atom stereocenters. The van der Waals surface area contributed by atoms with E-state index in [1.54, 1.807) is 30.0 Å². The van der Waals surface area contributed by atoms with E-state index in [0.717, 1.165) is 11.3 Å². The highest BCUT2D eigenvalue weighted by Crippen LogP contribution is 2.23. The van der Waals surface area contributed by atoms with Crippen LogP contribution in [0.2, 0.25) is 0 Å². The van der Waals surface area contributed by atoms with E-state index in [-0.39, 0.29) is 18.0 Å². The molecule has 0 aliphatic rings. The van der Waals surface area contributed by atoms with Crippen molar-refractivity contribution in [1.82, 2.24) is 0 Å². The molecule has 0 heterocycles. The Hall–Kier alpha value is -3.12. The van der Waals surface area contributed by atoms with Crippen molar-refractivity contribution in [2.24, 2.45) is 0 Å². The Labute approximate surface area is 161 Å². The quantitative estimate of drug-likeness (QED) is 0.354. The van der Waals surface area contributed by atoms with Gasteiger partial charge in [0.15, 0.2) is 0 Å². The maximum atomic E-state index is 12.2. The first kappa shape index (κ1) is 18.7. The summed E-state index contributed by atoms with van der Waals surface area (Å²) in [5.74, 6) is 0.560. The monoisotopic (exact) mass is 378 g/mol. The van der Waals surface area contributed by atoms with Crippen molar-refractivity contribution in [2.75, 3.05) is 5.32 Å². The number of rotatable bonds is 7. The predicted molar refractivity (Wildman–Crippen MR) is 108 cm³/mol. The Morgan fingerprint density at radius 2 is 1.59 bits per heavy atom. The Morgan fingerprint density at radius 3 is 2.30 bits per heavy atom. The van der Waals surface area contributed by atoms with Crippen molar-refractivity contribution in [3.8, 4) is 0 Å². The molecule has 6 heteroatoms. The zero-order valence-corrected chi connectivity index (χ0v) is 15.3. The maximum absolute atomic E-state index is 12.2. The van der Waals surface area contributed by atoms with Gasteiger partial charge in [-0.1, -0.05) is 48.5 Å². The van der Waals surface area contributed by atoms with E-state index in [4.69, 9.17) is 0 Å². The third-order valence-corrected chi connectivity index (χ3v) is 5.01. The molecule has 0 atom stereocenters. The summed E-state index contributed by atoms with van der Waals surface area (Å²) in [5, 5.41) is 13.8. The topological polar surface area (TPSA) is 72.2 Å². The van der Waals surface area contributed by atoms with Gasteiger partial charge < -0.3 is 5.32 Å². The lowest BCUT2D eigenvalue weighted by Gasteiger charge is -2.07. The second-order valence-electron chi connectivity index (χ2n) is 5.91. The molecule has 0 radical (unpaired) electrons. The van der Waals surface area contributed by atoms with Crippen LogP contribution < -0.4 is 5.32 Å². The van der Waals surface area contributed by atoms with Gasteiger partial charge in [0.05, 0.1) is 11.3 Å². The number of nitrogens with zero attached hydrogens (tertiary/aromatic N) is 1. The molecule has 3 rings (SSSR count). The van der Waals surface area contributed by atoms with Gasteiger partial charge >= 0.3 is 0 Å². The lowest BCUT2D eigenvalue weighted by atomic mass is 10.1. The van der Waals surface area contributed by atoms with Crippen LogP contribution in [0, 0.1) is 10.1 Å². The number of para-hydroxylation sites is 1. The minimum atomic E-state index is -0.470. The standard InChI is InChI=1S/C21H18N2O3S/c24-21(14-17-6-4-5-9-20(17)23(25)26)22-18-12-10-16(11-13-18)15-27-19-7-2-1-3-8-19/h1-13H,14-15H2,(H,22,24). The zero-order valence-electron chi connectivity index (χ0n) is 14.5. The lowest BCUT2D eigenvalue weighted by Crippen LogP contribution is -2.15. The van der Waals surface area contributed by atoms with Crippen LogP contribution in [-0.2, 0) is 17.0 Å². The van der Waals surface area contributed by atoms with Crippen molar-refractivity contribution in [3.63, 3.8) is 0 Å². The van der Waals surface area contributed by atoms with Crippen LogP contribution in [0.5, 0.6) is 0 Å². The predicted octanol–water partition coefficient (Wildman–Crippen LogP) is 5.07. The fraction of sp³-hybridized carbons (Fsp3) is 0.0952. The average Bonchev–Trinajstić information content (AvgIpc) is 2.68. The Bertz CT molecular complexity index is 928. The first-order valence-corrected chi connectivity index (χ1v) is 9.39. The number of benzene rings is 3. The van der Waals surface area contributed by atoms with Gasteiger partial charge in [0, 0.05) is 28.0 Å². The molecular weight excluding hydrogens is 360 g/mol. The molecule has 3 aromatic rings. The molecule has 0 aliphatic carbocycles. The van der Waals surface area contributed by atoms with Crippen LogP contribution in [-0.4, -0.2) is 10.8 Å². The van der Waals surface area contributed by atoms with Crippen molar-refractivity contribution in [2.45, 2.75) is 17.1 Å². The highest BCUT2D eigenvalue weighted by atomic mass is 32.2. The number of nitro benzene ring substituents is 1. The van der Waals surface area contributed by atoms with Crippen molar-refractivity contribution >= 4 is 29.0 Å². The molecule has 5 nitrogen and oxygen atoms in total. The number of carbonyl (C=O) groups excluding carboxylic acids is 1. The van der Waals surface area contributed by atoms with E-state index in [9.17, 15) is 14.9 Å². The molecule has 1 amide bonds. The summed E-state index contributed by atoms with van der Waals surface area (Å²) in [5.41, 5.74) is 2.18. The van der Waals surface area contributed by atoms with E-state index >= 15 is 0 Å². The fourth-order valence-corrected chi connectivity index (χ4v) is 3.46. The molecule has 136 valence electrons. The van der Waals surface area contributed by atoms with Crippen LogP contribution in [0.25, 0.3) is 0 Å². The van der Waals surface area contributed by atoms with E-state index < -0.39 is 4.92 Å². The number of hydrogen-bond acceptors (Lipinski definition) is 4. The van der Waals surface area contributed by atoms with E-state index in [2.05, 4.69) is 17.4 Å². The summed E-state index contributed by atoms with van der Waals surface area (Å²) < 4.78 is 0. The molecule has 0 fully saturated rings. The molecule has 0 saturated heterocycles. The summed E-state index contributed by atoms with van der Waals surface area (Å²) in [4.78, 5) is 24.0. The number of carbonyl (C=O) groups is 1. The number of amides is 1. The van der Waals surface area contributed by atoms with Gasteiger partial charge in [0.25, 0.3) is 5.69 Å². The Balaban J connectivity index is 1.56. The summed E-state index contributed by atoms with van der Waals surface area (Å²) in [6.45, 7) is 0. The van der Waals surface area contributed by atoms with Gasteiger partial charge in [0.1, 0.15) is 0 Å². The number of thioether (sulfide) groups is 1. The van der Waals surface area contributed by atoms with Gasteiger partial charge in [-0.25, -0.2) is 0 Å². The zero-order chi connectivity index (χ0) is 19.1. The first-order valence-electron chi connectivity index (χ1n) is 8.41. The lowest BCUT2D eigenvalue weighted by molar-refractivity contribution is -0.385. The van der Waals surface area contributed by atoms with Gasteiger partial charge in [-0.3, -0.25) is 14.9 Å². The van der Waals surface area contributed by atoms with Gasteiger partial charge in [-0.15, -0.1) is 11.8 Å². The van der Waals surface area contributed by atoms with E-state index in [1.807, 2.05) is 42.5 Å².